The second-order valence-corrected chi connectivity index (χ2v) is 7.59. The fourth-order valence-corrected chi connectivity index (χ4v) is 4.40. The second-order valence-electron chi connectivity index (χ2n) is 6.51. The lowest BCUT2D eigenvalue weighted by atomic mass is 10.0. The molecule has 0 spiro atoms. The van der Waals surface area contributed by atoms with Gasteiger partial charge in [0.05, 0.1) is 5.25 Å². The summed E-state index contributed by atoms with van der Waals surface area (Å²) in [4.78, 5) is 4.12. The summed E-state index contributed by atoms with van der Waals surface area (Å²) in [7, 11) is 0. The molecule has 0 aliphatic heterocycles. The molecule has 0 aliphatic rings. The quantitative estimate of drug-likeness (QED) is 0.386. The fraction of sp³-hybridized carbons (Fsp3) is 0.174. The van der Waals surface area contributed by atoms with Gasteiger partial charge in [0, 0.05) is 24.5 Å². The third kappa shape index (κ3) is 3.99. The largest absolute Gasteiger partial charge is 0.302 e. The van der Waals surface area contributed by atoms with Gasteiger partial charge < -0.3 is 4.57 Å². The highest BCUT2D eigenvalue weighted by Gasteiger charge is 2.21. The van der Waals surface area contributed by atoms with Crippen molar-refractivity contribution in [3.63, 3.8) is 0 Å². The number of aromatic nitrogens is 4. The topological polar surface area (TPSA) is 43.6 Å². The molecule has 0 fully saturated rings. The molecule has 4 aromatic rings. The Morgan fingerprint density at radius 1 is 0.821 bits per heavy atom. The van der Waals surface area contributed by atoms with E-state index in [1.54, 1.807) is 24.2 Å². The van der Waals surface area contributed by atoms with Crippen LogP contribution in [0.3, 0.4) is 0 Å². The smallest absolute Gasteiger partial charge is 0.192 e. The average Bonchev–Trinajstić information content (AvgIpc) is 3.16. The molecule has 0 saturated heterocycles. The summed E-state index contributed by atoms with van der Waals surface area (Å²) in [5, 5.41) is 10.2. The van der Waals surface area contributed by atoms with Crippen molar-refractivity contribution < 1.29 is 0 Å². The van der Waals surface area contributed by atoms with E-state index in [1.807, 2.05) is 12.1 Å². The third-order valence-corrected chi connectivity index (χ3v) is 5.82. The van der Waals surface area contributed by atoms with E-state index in [1.165, 1.54) is 11.1 Å². The SMILES string of the molecule is CCCn1c(SC(c2ccccc2)c2ccccc2)nnc1-c1ccncc1. The number of rotatable bonds is 7. The van der Waals surface area contributed by atoms with Crippen LogP contribution in [0.5, 0.6) is 0 Å². The molecule has 4 nitrogen and oxygen atoms in total. The van der Waals surface area contributed by atoms with Gasteiger partial charge in [-0.3, -0.25) is 4.98 Å². The molecular formula is C23H22N4S. The van der Waals surface area contributed by atoms with E-state index >= 15 is 0 Å². The number of benzene rings is 2. The highest BCUT2D eigenvalue weighted by molar-refractivity contribution is 7.99. The average molecular weight is 387 g/mol. The first-order valence-corrected chi connectivity index (χ1v) is 10.3. The minimum Gasteiger partial charge on any atom is -0.302 e. The van der Waals surface area contributed by atoms with Crippen LogP contribution in [0.2, 0.25) is 0 Å². The maximum Gasteiger partial charge on any atom is 0.192 e. The van der Waals surface area contributed by atoms with Crippen LogP contribution in [0.4, 0.5) is 0 Å². The van der Waals surface area contributed by atoms with Crippen LogP contribution in [0.15, 0.2) is 90.3 Å². The zero-order valence-corrected chi connectivity index (χ0v) is 16.6. The van der Waals surface area contributed by atoms with E-state index in [2.05, 4.69) is 87.3 Å². The van der Waals surface area contributed by atoms with Gasteiger partial charge in [-0.1, -0.05) is 79.3 Å². The minimum atomic E-state index is 0.160. The Labute approximate surface area is 169 Å². The van der Waals surface area contributed by atoms with Crippen LogP contribution < -0.4 is 0 Å². The van der Waals surface area contributed by atoms with Crippen LogP contribution in [0.25, 0.3) is 11.4 Å². The first-order chi connectivity index (χ1) is 13.9. The van der Waals surface area contributed by atoms with Crippen molar-refractivity contribution in [1.82, 2.24) is 19.7 Å². The highest BCUT2D eigenvalue weighted by Crippen LogP contribution is 2.40. The van der Waals surface area contributed by atoms with Gasteiger partial charge in [-0.15, -0.1) is 10.2 Å². The predicted octanol–water partition coefficient (Wildman–Crippen LogP) is 5.63. The Bertz CT molecular complexity index is 961. The lowest BCUT2D eigenvalue weighted by Crippen LogP contribution is -2.04. The molecular weight excluding hydrogens is 364 g/mol. The normalized spacial score (nSPS) is 11.1. The monoisotopic (exact) mass is 386 g/mol. The first-order valence-electron chi connectivity index (χ1n) is 9.47. The van der Waals surface area contributed by atoms with Crippen molar-refractivity contribution in [2.75, 3.05) is 0 Å². The van der Waals surface area contributed by atoms with Crippen molar-refractivity contribution in [3.8, 4) is 11.4 Å². The Morgan fingerprint density at radius 2 is 1.43 bits per heavy atom. The Kier molecular flexibility index (Phi) is 5.83. The van der Waals surface area contributed by atoms with Crippen molar-refractivity contribution >= 4 is 11.8 Å². The number of nitrogens with zero attached hydrogens (tertiary/aromatic N) is 4. The van der Waals surface area contributed by atoms with Crippen molar-refractivity contribution in [2.24, 2.45) is 0 Å². The number of hydrogen-bond acceptors (Lipinski definition) is 4. The van der Waals surface area contributed by atoms with Gasteiger partial charge in [-0.2, -0.15) is 0 Å². The Balaban J connectivity index is 1.74. The van der Waals surface area contributed by atoms with Gasteiger partial charge in [0.1, 0.15) is 0 Å². The maximum atomic E-state index is 4.56. The molecule has 140 valence electrons. The zero-order valence-electron chi connectivity index (χ0n) is 15.8. The number of thioether (sulfide) groups is 1. The molecule has 4 rings (SSSR count). The maximum absolute atomic E-state index is 4.56. The molecule has 0 aliphatic carbocycles. The molecule has 0 N–H and O–H groups in total. The van der Waals surface area contributed by atoms with E-state index in [-0.39, 0.29) is 5.25 Å². The molecule has 0 atom stereocenters. The van der Waals surface area contributed by atoms with Gasteiger partial charge in [0.2, 0.25) is 0 Å². The number of hydrogen-bond donors (Lipinski definition) is 0. The molecule has 28 heavy (non-hydrogen) atoms. The molecule has 5 heteroatoms. The van der Waals surface area contributed by atoms with Crippen molar-refractivity contribution in [2.45, 2.75) is 30.3 Å². The zero-order chi connectivity index (χ0) is 19.2. The van der Waals surface area contributed by atoms with Crippen LogP contribution in [-0.2, 0) is 6.54 Å². The van der Waals surface area contributed by atoms with E-state index in [0.717, 1.165) is 29.5 Å². The molecule has 0 unspecified atom stereocenters. The first kappa shape index (κ1) is 18.4. The van der Waals surface area contributed by atoms with E-state index in [0.29, 0.717) is 0 Å². The summed E-state index contributed by atoms with van der Waals surface area (Å²) < 4.78 is 2.22. The molecule has 2 aromatic carbocycles. The van der Waals surface area contributed by atoms with Gasteiger partial charge in [0.25, 0.3) is 0 Å². The van der Waals surface area contributed by atoms with E-state index in [9.17, 15) is 0 Å². The van der Waals surface area contributed by atoms with Crippen molar-refractivity contribution in [1.29, 1.82) is 0 Å². The lowest BCUT2D eigenvalue weighted by molar-refractivity contribution is 0.625. The van der Waals surface area contributed by atoms with Gasteiger partial charge in [-0.05, 0) is 29.7 Å². The van der Waals surface area contributed by atoms with E-state index in [4.69, 9.17) is 0 Å². The van der Waals surface area contributed by atoms with E-state index < -0.39 is 0 Å². The standard InChI is InChI=1S/C23H22N4S/c1-2-17-27-22(20-13-15-24-16-14-20)25-26-23(27)28-21(18-9-5-3-6-10-18)19-11-7-4-8-12-19/h3-16,21H,2,17H2,1H3. The Morgan fingerprint density at radius 3 is 2.00 bits per heavy atom. The lowest BCUT2D eigenvalue weighted by Gasteiger charge is -2.18. The summed E-state index contributed by atoms with van der Waals surface area (Å²) in [5.74, 6) is 0.895. The van der Waals surface area contributed by atoms with Crippen LogP contribution in [-0.4, -0.2) is 19.7 Å². The van der Waals surface area contributed by atoms with Crippen LogP contribution in [0, 0.1) is 0 Å². The molecule has 0 saturated carbocycles. The van der Waals surface area contributed by atoms with Gasteiger partial charge in [0.15, 0.2) is 11.0 Å². The Hall–Kier alpha value is -2.92. The molecule has 2 aromatic heterocycles. The number of pyridine rings is 1. The third-order valence-electron chi connectivity index (χ3n) is 4.53. The molecule has 0 amide bonds. The van der Waals surface area contributed by atoms with Gasteiger partial charge >= 0.3 is 0 Å². The van der Waals surface area contributed by atoms with Gasteiger partial charge in [-0.25, -0.2) is 0 Å². The molecule has 2 heterocycles. The summed E-state index contributed by atoms with van der Waals surface area (Å²) >= 11 is 1.75. The molecule has 0 radical (unpaired) electrons. The minimum absolute atomic E-state index is 0.160. The molecule has 0 bridgehead atoms. The van der Waals surface area contributed by atoms with Crippen LogP contribution in [0.1, 0.15) is 29.7 Å². The highest BCUT2D eigenvalue weighted by atomic mass is 32.2. The van der Waals surface area contributed by atoms with Crippen molar-refractivity contribution in [3.05, 3.63) is 96.3 Å². The second kappa shape index (κ2) is 8.85. The summed E-state index contributed by atoms with van der Waals surface area (Å²) in [5.41, 5.74) is 3.56. The van der Waals surface area contributed by atoms with Crippen LogP contribution >= 0.6 is 11.8 Å². The fourth-order valence-electron chi connectivity index (χ4n) is 3.21. The summed E-state index contributed by atoms with van der Waals surface area (Å²) in [6, 6.07) is 25.1. The summed E-state index contributed by atoms with van der Waals surface area (Å²) in [6.45, 7) is 3.06. The summed E-state index contributed by atoms with van der Waals surface area (Å²) in [6.07, 6.45) is 4.61. The predicted molar refractivity (Wildman–Crippen MR) is 114 cm³/mol.